The molecule has 0 radical (unpaired) electrons. The lowest BCUT2D eigenvalue weighted by Crippen LogP contribution is -2.44. The molecule has 0 spiro atoms. The first-order valence-corrected chi connectivity index (χ1v) is 7.21. The summed E-state index contributed by atoms with van der Waals surface area (Å²) in [6, 6.07) is 0.401. The summed E-state index contributed by atoms with van der Waals surface area (Å²) in [5.41, 5.74) is 2.10. The third-order valence-corrected chi connectivity index (χ3v) is 3.92. The maximum atomic E-state index is 5.44. The molecule has 2 atom stereocenters. The molecule has 1 aliphatic rings. The number of aromatic nitrogens is 3. The number of piperidine rings is 1. The van der Waals surface area contributed by atoms with Gasteiger partial charge in [-0.15, -0.1) is 5.10 Å². The van der Waals surface area contributed by atoms with Crippen molar-refractivity contribution in [3.8, 4) is 0 Å². The minimum Gasteiger partial charge on any atom is -0.381 e. The van der Waals surface area contributed by atoms with Crippen molar-refractivity contribution in [2.24, 2.45) is 0 Å². The molecule has 1 aromatic rings. The van der Waals surface area contributed by atoms with Crippen LogP contribution in [0.1, 0.15) is 45.0 Å². The summed E-state index contributed by atoms with van der Waals surface area (Å²) < 4.78 is 5.44. The SMILES string of the molecule is CCc1nnc(N2CC[C@H](OC)C[C@H]2C)nc1CC. The summed E-state index contributed by atoms with van der Waals surface area (Å²) in [5.74, 6) is 0.774. The minimum absolute atomic E-state index is 0.361. The van der Waals surface area contributed by atoms with Gasteiger partial charge in [-0.2, -0.15) is 5.10 Å². The van der Waals surface area contributed by atoms with Crippen LogP contribution in [-0.2, 0) is 17.6 Å². The van der Waals surface area contributed by atoms with Gasteiger partial charge in [0, 0.05) is 19.7 Å². The standard InChI is InChI=1S/C14H24N4O/c1-5-12-13(6-2)16-17-14(15-12)18-8-7-11(19-4)9-10(18)3/h10-11H,5-9H2,1-4H3/t10-,11+/m1/s1. The Kier molecular flexibility index (Phi) is 4.69. The highest BCUT2D eigenvalue weighted by Crippen LogP contribution is 2.23. The zero-order chi connectivity index (χ0) is 13.8. The van der Waals surface area contributed by atoms with Crippen molar-refractivity contribution >= 4 is 5.95 Å². The molecule has 0 aromatic carbocycles. The Morgan fingerprint density at radius 1 is 1.21 bits per heavy atom. The van der Waals surface area contributed by atoms with E-state index in [0.29, 0.717) is 12.1 Å². The van der Waals surface area contributed by atoms with Gasteiger partial charge < -0.3 is 9.64 Å². The maximum absolute atomic E-state index is 5.44. The molecule has 1 saturated heterocycles. The van der Waals surface area contributed by atoms with Crippen LogP contribution < -0.4 is 4.90 Å². The lowest BCUT2D eigenvalue weighted by atomic mass is 10.0. The summed E-state index contributed by atoms with van der Waals surface area (Å²) in [6.07, 6.45) is 4.22. The van der Waals surface area contributed by atoms with E-state index in [1.807, 2.05) is 0 Å². The van der Waals surface area contributed by atoms with Gasteiger partial charge in [0.15, 0.2) is 0 Å². The minimum atomic E-state index is 0.361. The first kappa shape index (κ1) is 14.2. The molecule has 0 aliphatic carbocycles. The average Bonchev–Trinajstić information content (AvgIpc) is 2.46. The Morgan fingerprint density at radius 2 is 1.95 bits per heavy atom. The summed E-state index contributed by atoms with van der Waals surface area (Å²) in [4.78, 5) is 6.95. The molecule has 0 amide bonds. The molecule has 5 nitrogen and oxygen atoms in total. The molecule has 0 unspecified atom stereocenters. The Balaban J connectivity index is 2.18. The second-order valence-corrected chi connectivity index (χ2v) is 5.14. The van der Waals surface area contributed by atoms with Gasteiger partial charge >= 0.3 is 0 Å². The summed E-state index contributed by atoms with van der Waals surface area (Å²) in [5, 5.41) is 8.64. The molecule has 0 saturated carbocycles. The van der Waals surface area contributed by atoms with Gasteiger partial charge in [0.1, 0.15) is 0 Å². The number of hydrogen-bond donors (Lipinski definition) is 0. The molecule has 5 heteroatoms. The predicted molar refractivity (Wildman–Crippen MR) is 75.4 cm³/mol. The van der Waals surface area contributed by atoms with Crippen molar-refractivity contribution in [1.82, 2.24) is 15.2 Å². The Labute approximate surface area is 115 Å². The van der Waals surface area contributed by atoms with Crippen molar-refractivity contribution in [1.29, 1.82) is 0 Å². The number of methoxy groups -OCH3 is 1. The van der Waals surface area contributed by atoms with Gasteiger partial charge in [0.25, 0.3) is 0 Å². The van der Waals surface area contributed by atoms with E-state index in [0.717, 1.165) is 49.6 Å². The molecule has 106 valence electrons. The van der Waals surface area contributed by atoms with Crippen LogP contribution in [0.3, 0.4) is 0 Å². The lowest BCUT2D eigenvalue weighted by Gasteiger charge is -2.37. The molecule has 1 aliphatic heterocycles. The molecule has 19 heavy (non-hydrogen) atoms. The Hall–Kier alpha value is -1.23. The van der Waals surface area contributed by atoms with Crippen molar-refractivity contribution in [2.75, 3.05) is 18.6 Å². The molecular formula is C14H24N4O. The fraction of sp³-hybridized carbons (Fsp3) is 0.786. The summed E-state index contributed by atoms with van der Waals surface area (Å²) >= 11 is 0. The van der Waals surface area contributed by atoms with Crippen molar-refractivity contribution in [2.45, 2.75) is 58.6 Å². The zero-order valence-electron chi connectivity index (χ0n) is 12.4. The van der Waals surface area contributed by atoms with Crippen molar-refractivity contribution < 1.29 is 4.74 Å². The van der Waals surface area contributed by atoms with E-state index < -0.39 is 0 Å². The van der Waals surface area contributed by atoms with Gasteiger partial charge in [0.05, 0.1) is 17.5 Å². The van der Waals surface area contributed by atoms with E-state index >= 15 is 0 Å². The van der Waals surface area contributed by atoms with E-state index in [4.69, 9.17) is 9.72 Å². The molecule has 0 N–H and O–H groups in total. The quantitative estimate of drug-likeness (QED) is 0.832. The molecule has 0 bridgehead atoms. The van der Waals surface area contributed by atoms with Gasteiger partial charge in [0.2, 0.25) is 5.95 Å². The fourth-order valence-electron chi connectivity index (χ4n) is 2.69. The molecule has 2 heterocycles. The van der Waals surface area contributed by atoms with Crippen LogP contribution in [0.5, 0.6) is 0 Å². The van der Waals surface area contributed by atoms with Gasteiger partial charge in [-0.05, 0) is 32.6 Å². The third kappa shape index (κ3) is 3.03. The van der Waals surface area contributed by atoms with Crippen LogP contribution >= 0.6 is 0 Å². The number of aryl methyl sites for hydroxylation is 2. The highest BCUT2D eigenvalue weighted by molar-refractivity contribution is 5.33. The highest BCUT2D eigenvalue weighted by atomic mass is 16.5. The van der Waals surface area contributed by atoms with Crippen molar-refractivity contribution in [3.05, 3.63) is 11.4 Å². The van der Waals surface area contributed by atoms with Gasteiger partial charge in [-0.3, -0.25) is 0 Å². The number of hydrogen-bond acceptors (Lipinski definition) is 5. The van der Waals surface area contributed by atoms with Crippen LogP contribution in [0.4, 0.5) is 5.95 Å². The monoisotopic (exact) mass is 264 g/mol. The Bertz CT molecular complexity index is 424. The Morgan fingerprint density at radius 3 is 2.53 bits per heavy atom. The first-order valence-electron chi connectivity index (χ1n) is 7.21. The number of ether oxygens (including phenoxy) is 1. The largest absolute Gasteiger partial charge is 0.381 e. The van der Waals surface area contributed by atoms with Gasteiger partial charge in [-0.25, -0.2) is 4.98 Å². The second-order valence-electron chi connectivity index (χ2n) is 5.14. The highest BCUT2D eigenvalue weighted by Gasteiger charge is 2.27. The van der Waals surface area contributed by atoms with Crippen molar-refractivity contribution in [3.63, 3.8) is 0 Å². The summed E-state index contributed by atoms with van der Waals surface area (Å²) in [7, 11) is 1.79. The molecule has 1 aromatic heterocycles. The second kappa shape index (κ2) is 6.28. The smallest absolute Gasteiger partial charge is 0.245 e. The number of rotatable bonds is 4. The molecular weight excluding hydrogens is 240 g/mol. The topological polar surface area (TPSA) is 51.1 Å². The predicted octanol–water partition coefficient (Wildman–Crippen LogP) is 2.00. The van der Waals surface area contributed by atoms with Crippen LogP contribution in [0, 0.1) is 0 Å². The van der Waals surface area contributed by atoms with Crippen LogP contribution in [-0.4, -0.2) is 41.0 Å². The lowest BCUT2D eigenvalue weighted by molar-refractivity contribution is 0.0717. The summed E-state index contributed by atoms with van der Waals surface area (Å²) in [6.45, 7) is 7.36. The van der Waals surface area contributed by atoms with Crippen LogP contribution in [0.25, 0.3) is 0 Å². The normalized spacial score (nSPS) is 23.7. The average molecular weight is 264 g/mol. The van der Waals surface area contributed by atoms with E-state index in [9.17, 15) is 0 Å². The molecule has 1 fully saturated rings. The zero-order valence-corrected chi connectivity index (χ0v) is 12.4. The van der Waals surface area contributed by atoms with E-state index in [-0.39, 0.29) is 0 Å². The molecule has 2 rings (SSSR count). The van der Waals surface area contributed by atoms with E-state index in [1.165, 1.54) is 0 Å². The van der Waals surface area contributed by atoms with Crippen LogP contribution in [0.15, 0.2) is 0 Å². The van der Waals surface area contributed by atoms with Gasteiger partial charge in [-0.1, -0.05) is 13.8 Å². The maximum Gasteiger partial charge on any atom is 0.245 e. The van der Waals surface area contributed by atoms with E-state index in [2.05, 4.69) is 35.9 Å². The number of nitrogens with zero attached hydrogens (tertiary/aromatic N) is 4. The fourth-order valence-corrected chi connectivity index (χ4v) is 2.69. The number of anilines is 1. The first-order chi connectivity index (χ1) is 9.19. The van der Waals surface area contributed by atoms with E-state index in [1.54, 1.807) is 7.11 Å². The van der Waals surface area contributed by atoms with Crippen LogP contribution in [0.2, 0.25) is 0 Å². The third-order valence-electron chi connectivity index (χ3n) is 3.92.